The number of carboxylic acids is 1. The van der Waals surface area contributed by atoms with Gasteiger partial charge in [-0.05, 0) is 0 Å². The Kier molecular flexibility index (Phi) is 5.22. The topological polar surface area (TPSA) is 108 Å². The number of rotatable bonds is 6. The highest BCUT2D eigenvalue weighted by atomic mass is 16.5. The Labute approximate surface area is 116 Å². The molecule has 1 fully saturated rings. The summed E-state index contributed by atoms with van der Waals surface area (Å²) in [5, 5.41) is 20.4. The lowest BCUT2D eigenvalue weighted by molar-refractivity contribution is -0.140. The van der Waals surface area contributed by atoms with Gasteiger partial charge in [0.15, 0.2) is 0 Å². The number of hydrogen-bond donors (Lipinski definition) is 3. The molecular formula is C12H18N4O4. The summed E-state index contributed by atoms with van der Waals surface area (Å²) in [6.45, 7) is 2.71. The normalized spacial score (nSPS) is 16.9. The van der Waals surface area contributed by atoms with Crippen molar-refractivity contribution in [2.45, 2.75) is 12.6 Å². The summed E-state index contributed by atoms with van der Waals surface area (Å²) in [6.07, 6.45) is 3.31. The summed E-state index contributed by atoms with van der Waals surface area (Å²) in [4.78, 5) is 21.3. The van der Waals surface area contributed by atoms with E-state index in [-0.39, 0.29) is 0 Å². The lowest BCUT2D eigenvalue weighted by Crippen LogP contribution is -2.39. The van der Waals surface area contributed by atoms with Crippen LogP contribution in [0, 0.1) is 0 Å². The molecule has 1 saturated heterocycles. The highest BCUT2D eigenvalue weighted by molar-refractivity contribution is 5.73. The van der Waals surface area contributed by atoms with Gasteiger partial charge in [-0.2, -0.15) is 0 Å². The van der Waals surface area contributed by atoms with Crippen molar-refractivity contribution in [1.82, 2.24) is 15.3 Å². The fourth-order valence-electron chi connectivity index (χ4n) is 1.84. The monoisotopic (exact) mass is 282 g/mol. The third-order valence-corrected chi connectivity index (χ3v) is 3.02. The number of aliphatic hydroxyl groups excluding tert-OH is 1. The second kappa shape index (κ2) is 7.13. The predicted octanol–water partition coefficient (Wildman–Crippen LogP) is -1.15. The van der Waals surface area contributed by atoms with Crippen LogP contribution in [-0.2, 0) is 16.1 Å². The van der Waals surface area contributed by atoms with Crippen LogP contribution in [0.5, 0.6) is 0 Å². The molecule has 0 unspecified atom stereocenters. The number of anilines is 1. The molecule has 0 saturated carbocycles. The molecule has 2 rings (SSSR count). The van der Waals surface area contributed by atoms with Crippen LogP contribution in [0.2, 0.25) is 0 Å². The van der Waals surface area contributed by atoms with Crippen molar-refractivity contribution in [2.24, 2.45) is 0 Å². The van der Waals surface area contributed by atoms with Gasteiger partial charge in [-0.15, -0.1) is 0 Å². The Morgan fingerprint density at radius 2 is 2.05 bits per heavy atom. The zero-order valence-electron chi connectivity index (χ0n) is 11.0. The van der Waals surface area contributed by atoms with E-state index in [0.717, 1.165) is 18.7 Å². The van der Waals surface area contributed by atoms with Gasteiger partial charge in [0.25, 0.3) is 0 Å². The van der Waals surface area contributed by atoms with Crippen LogP contribution >= 0.6 is 0 Å². The first-order valence-corrected chi connectivity index (χ1v) is 6.41. The largest absolute Gasteiger partial charge is 0.480 e. The van der Waals surface area contributed by atoms with Crippen LogP contribution in [0.15, 0.2) is 12.4 Å². The van der Waals surface area contributed by atoms with Crippen LogP contribution in [0.4, 0.5) is 5.95 Å². The average molecular weight is 282 g/mol. The molecule has 0 bridgehead atoms. The highest BCUT2D eigenvalue weighted by Gasteiger charge is 2.16. The number of nitrogens with zero attached hydrogens (tertiary/aromatic N) is 3. The second-order valence-corrected chi connectivity index (χ2v) is 4.45. The van der Waals surface area contributed by atoms with Gasteiger partial charge < -0.3 is 19.8 Å². The van der Waals surface area contributed by atoms with Gasteiger partial charge in [-0.25, -0.2) is 9.97 Å². The first-order valence-electron chi connectivity index (χ1n) is 6.41. The fraction of sp³-hybridized carbons (Fsp3) is 0.583. The van der Waals surface area contributed by atoms with E-state index >= 15 is 0 Å². The van der Waals surface area contributed by atoms with Crippen molar-refractivity contribution in [2.75, 3.05) is 37.8 Å². The lowest BCUT2D eigenvalue weighted by Gasteiger charge is -2.26. The SMILES string of the molecule is O=C(O)[C@H](CO)NCc1cnc(N2CCOCC2)nc1. The molecule has 0 spiro atoms. The second-order valence-electron chi connectivity index (χ2n) is 4.45. The van der Waals surface area contributed by atoms with Crippen LogP contribution in [0.1, 0.15) is 5.56 Å². The maximum atomic E-state index is 10.7. The molecule has 20 heavy (non-hydrogen) atoms. The van der Waals surface area contributed by atoms with Crippen LogP contribution in [0.25, 0.3) is 0 Å². The number of aliphatic carboxylic acids is 1. The van der Waals surface area contributed by atoms with E-state index in [4.69, 9.17) is 14.9 Å². The van der Waals surface area contributed by atoms with Gasteiger partial charge in [0.05, 0.1) is 19.8 Å². The minimum atomic E-state index is -1.08. The van der Waals surface area contributed by atoms with Gasteiger partial charge in [0, 0.05) is 37.6 Å². The summed E-state index contributed by atoms with van der Waals surface area (Å²) in [5.74, 6) is -0.438. The number of ether oxygens (including phenoxy) is 1. The number of carboxylic acid groups (broad SMARTS) is 1. The van der Waals surface area contributed by atoms with Crippen LogP contribution in [0.3, 0.4) is 0 Å². The Bertz CT molecular complexity index is 434. The van der Waals surface area contributed by atoms with Crippen molar-refractivity contribution >= 4 is 11.9 Å². The molecule has 3 N–H and O–H groups in total. The molecule has 0 amide bonds. The van der Waals surface area contributed by atoms with E-state index < -0.39 is 18.6 Å². The van der Waals surface area contributed by atoms with Gasteiger partial charge in [-0.3, -0.25) is 10.1 Å². The lowest BCUT2D eigenvalue weighted by atomic mass is 10.3. The summed E-state index contributed by atoms with van der Waals surface area (Å²) >= 11 is 0. The van der Waals surface area contributed by atoms with Crippen molar-refractivity contribution in [3.63, 3.8) is 0 Å². The van der Waals surface area contributed by atoms with Crippen molar-refractivity contribution in [3.8, 4) is 0 Å². The smallest absolute Gasteiger partial charge is 0.323 e. The van der Waals surface area contributed by atoms with Gasteiger partial charge in [0.1, 0.15) is 6.04 Å². The third kappa shape index (κ3) is 3.86. The number of hydrogen-bond acceptors (Lipinski definition) is 7. The number of aromatic nitrogens is 2. The summed E-state index contributed by atoms with van der Waals surface area (Å²) in [5.41, 5.74) is 0.765. The molecular weight excluding hydrogens is 264 g/mol. The first-order chi connectivity index (χ1) is 9.70. The standard InChI is InChI=1S/C12H18N4O4/c17-8-10(11(18)19)13-5-9-6-14-12(15-7-9)16-1-3-20-4-2-16/h6-7,10,13,17H,1-5,8H2,(H,18,19)/t10-/m0/s1. The molecule has 110 valence electrons. The molecule has 1 aliphatic rings. The van der Waals surface area contributed by atoms with Crippen molar-refractivity contribution < 1.29 is 19.7 Å². The van der Waals surface area contributed by atoms with E-state index in [2.05, 4.69) is 15.3 Å². The molecule has 2 heterocycles. The maximum absolute atomic E-state index is 10.7. The molecule has 0 aliphatic carbocycles. The molecule has 0 radical (unpaired) electrons. The molecule has 8 heteroatoms. The Hall–Kier alpha value is -1.77. The minimum absolute atomic E-state index is 0.293. The number of carbonyl (C=O) groups is 1. The summed E-state index contributed by atoms with van der Waals surface area (Å²) in [7, 11) is 0. The van der Waals surface area contributed by atoms with Crippen LogP contribution < -0.4 is 10.2 Å². The molecule has 1 aliphatic heterocycles. The van der Waals surface area contributed by atoms with Gasteiger partial charge >= 0.3 is 5.97 Å². The molecule has 0 aromatic carbocycles. The Morgan fingerprint density at radius 1 is 1.40 bits per heavy atom. The minimum Gasteiger partial charge on any atom is -0.480 e. The maximum Gasteiger partial charge on any atom is 0.323 e. The number of nitrogens with one attached hydrogen (secondary N) is 1. The van der Waals surface area contributed by atoms with E-state index in [9.17, 15) is 4.79 Å². The average Bonchev–Trinajstić information content (AvgIpc) is 2.49. The van der Waals surface area contributed by atoms with E-state index in [1.807, 2.05) is 4.90 Å². The van der Waals surface area contributed by atoms with Crippen molar-refractivity contribution in [3.05, 3.63) is 18.0 Å². The van der Waals surface area contributed by atoms with E-state index in [0.29, 0.717) is 25.7 Å². The third-order valence-electron chi connectivity index (χ3n) is 3.02. The molecule has 1 aromatic heterocycles. The Balaban J connectivity index is 1.89. The van der Waals surface area contributed by atoms with Gasteiger partial charge in [0.2, 0.25) is 5.95 Å². The van der Waals surface area contributed by atoms with E-state index in [1.54, 1.807) is 12.4 Å². The van der Waals surface area contributed by atoms with Crippen molar-refractivity contribution in [1.29, 1.82) is 0 Å². The molecule has 1 atom stereocenters. The highest BCUT2D eigenvalue weighted by Crippen LogP contribution is 2.09. The fourth-order valence-corrected chi connectivity index (χ4v) is 1.84. The quantitative estimate of drug-likeness (QED) is 0.600. The zero-order chi connectivity index (χ0) is 14.4. The van der Waals surface area contributed by atoms with E-state index in [1.165, 1.54) is 0 Å². The van der Waals surface area contributed by atoms with Gasteiger partial charge in [-0.1, -0.05) is 0 Å². The first kappa shape index (κ1) is 14.6. The molecule has 8 nitrogen and oxygen atoms in total. The molecule has 1 aromatic rings. The zero-order valence-corrected chi connectivity index (χ0v) is 11.0. The number of morpholine rings is 1. The van der Waals surface area contributed by atoms with Crippen LogP contribution in [-0.4, -0.2) is 65.1 Å². The Morgan fingerprint density at radius 3 is 2.60 bits per heavy atom. The number of aliphatic hydroxyl groups is 1. The predicted molar refractivity (Wildman–Crippen MR) is 70.4 cm³/mol. The summed E-state index contributed by atoms with van der Waals surface area (Å²) < 4.78 is 5.26. The summed E-state index contributed by atoms with van der Waals surface area (Å²) in [6, 6.07) is -0.978.